The second-order valence-electron chi connectivity index (χ2n) is 29.5. The number of nitrogens with zero attached hydrogens (tertiary/aromatic N) is 4. The lowest BCUT2D eigenvalue weighted by molar-refractivity contribution is -0.136. The zero-order chi connectivity index (χ0) is 84.9. The fourth-order valence-corrected chi connectivity index (χ4v) is 13.3. The van der Waals surface area contributed by atoms with Crippen LogP contribution in [0.4, 0.5) is 0 Å². The number of H-pyrrole nitrogens is 1. The molecular weight excluding hydrogens is 1530 g/mol. The second-order valence-corrected chi connectivity index (χ2v) is 29.9. The smallest absolute Gasteiger partial charge is 0.245 e. The van der Waals surface area contributed by atoms with Gasteiger partial charge in [0.1, 0.15) is 60.4 Å². The molecule has 0 aliphatic rings. The van der Waals surface area contributed by atoms with Gasteiger partial charge in [0, 0.05) is 99.2 Å². The molecule has 8 aromatic rings. The molecule has 32 nitrogen and oxygen atoms in total. The molecule has 4 aromatic carbocycles. The number of amides is 11. The van der Waals surface area contributed by atoms with Crippen LogP contribution in [0.5, 0.6) is 0 Å². The zero-order valence-corrected chi connectivity index (χ0v) is 67.5. The van der Waals surface area contributed by atoms with E-state index < -0.39 is 132 Å². The Morgan fingerprint density at radius 1 is 0.458 bits per heavy atom. The number of unbranched alkanes of at least 4 members (excludes halogenated alkanes) is 2. The van der Waals surface area contributed by atoms with Gasteiger partial charge in [-0.3, -0.25) is 72.7 Å². The highest BCUT2D eigenvalue weighted by molar-refractivity contribution is 6.30. The number of primary amides is 1. The van der Waals surface area contributed by atoms with Gasteiger partial charge in [-0.25, -0.2) is 0 Å². The Bertz CT molecular complexity index is 4660. The highest BCUT2D eigenvalue weighted by Gasteiger charge is 2.37. The van der Waals surface area contributed by atoms with E-state index in [1.807, 2.05) is 98.8 Å². The number of aromatic nitrogens is 4. The van der Waals surface area contributed by atoms with Crippen molar-refractivity contribution in [1.82, 2.24) is 83.7 Å². The molecular formula is C85H109ClN20O12. The predicted molar refractivity (Wildman–Crippen MR) is 449 cm³/mol. The Labute approximate surface area is 690 Å². The maximum atomic E-state index is 15.3. The van der Waals surface area contributed by atoms with Crippen LogP contribution in [-0.4, -0.2) is 183 Å². The molecule has 0 radical (unpaired) electrons. The van der Waals surface area contributed by atoms with E-state index in [1.165, 1.54) is 26.2 Å². The number of aliphatic hydroxyl groups excluding tert-OH is 1. The van der Waals surface area contributed by atoms with Gasteiger partial charge in [-0.05, 0) is 165 Å². The maximum Gasteiger partial charge on any atom is 0.245 e. The van der Waals surface area contributed by atoms with Crippen molar-refractivity contribution < 1.29 is 57.8 Å². The third kappa shape index (κ3) is 30.7. The Balaban J connectivity index is 1.05. The topological polar surface area (TPSA) is 497 Å². The molecule has 20 N–H and O–H groups in total. The molecule has 11 amide bonds. The van der Waals surface area contributed by atoms with Crippen molar-refractivity contribution in [2.24, 2.45) is 28.1 Å². The van der Waals surface area contributed by atoms with E-state index in [2.05, 4.69) is 88.7 Å². The molecule has 4 aromatic heterocycles. The van der Waals surface area contributed by atoms with Crippen LogP contribution in [0.15, 0.2) is 176 Å². The molecule has 10 atom stereocenters. The monoisotopic (exact) mass is 1640 g/mol. The molecule has 0 aliphatic heterocycles. The Hall–Kier alpha value is -12.3. The molecule has 0 bridgehead atoms. The average molecular weight is 1640 g/mol. The molecule has 0 aliphatic carbocycles. The van der Waals surface area contributed by atoms with E-state index in [0.29, 0.717) is 73.6 Å². The number of halogens is 1. The number of hydrogen-bond acceptors (Lipinski definition) is 18. The lowest BCUT2D eigenvalue weighted by Crippen LogP contribution is -2.61. The van der Waals surface area contributed by atoms with E-state index in [-0.39, 0.29) is 76.2 Å². The summed E-state index contributed by atoms with van der Waals surface area (Å²) in [5.41, 5.74) is 21.3. The van der Waals surface area contributed by atoms with E-state index in [0.717, 1.165) is 38.6 Å². The van der Waals surface area contributed by atoms with E-state index >= 15 is 14.4 Å². The first kappa shape index (κ1) is 91.3. The van der Waals surface area contributed by atoms with Gasteiger partial charge in [-0.1, -0.05) is 116 Å². The molecule has 8 rings (SSSR count). The summed E-state index contributed by atoms with van der Waals surface area (Å²) in [6, 6.07) is 27.5. The van der Waals surface area contributed by atoms with Crippen LogP contribution in [0.1, 0.15) is 119 Å². The molecule has 0 fully saturated rings. The summed E-state index contributed by atoms with van der Waals surface area (Å²) < 4.78 is 0. The van der Waals surface area contributed by atoms with Gasteiger partial charge in [0.25, 0.3) is 0 Å². The summed E-state index contributed by atoms with van der Waals surface area (Å²) in [6.45, 7) is 7.11. The average Bonchev–Trinajstić information content (AvgIpc) is 1.60. The Morgan fingerprint density at radius 2 is 0.924 bits per heavy atom. The van der Waals surface area contributed by atoms with Crippen molar-refractivity contribution in [2.75, 3.05) is 26.2 Å². The normalized spacial score (nSPS) is 13.8. The summed E-state index contributed by atoms with van der Waals surface area (Å²) in [6.07, 6.45) is 9.27. The van der Waals surface area contributed by atoms with Gasteiger partial charge in [0.05, 0.1) is 18.0 Å². The first-order chi connectivity index (χ1) is 56.8. The summed E-state index contributed by atoms with van der Waals surface area (Å²) in [5.74, 6) is -9.38. The first-order valence-corrected chi connectivity index (χ1v) is 40.0. The number of hydrogen-bond donors (Lipinski definition) is 17. The first-order valence-electron chi connectivity index (χ1n) is 39.6. The number of aromatic amines is 1. The van der Waals surface area contributed by atoms with Crippen molar-refractivity contribution in [3.63, 3.8) is 0 Å². The standard InChI is InChI=1S/C85H109ClN20O12/c1-52(2)41-69(79(113)105-73(46-60-48-96-65-25-8-7-24-64(60)65)83(117)100-68(28-18-40-95-85(88)89)76(110)97-53(3)75(87)109)102-78(112)67(27-12-14-36-92-50-63-23-10-16-39-94-63)99-77(111)66(26-11-13-35-91-49-62-22-9-15-38-93-62)101-84(118)74(51-107)106-82(116)72(45-57-19-17-37-90-47-57)104-81(115)71(43-55-30-33-61(86)34-31-55)103-80(114)70(98-54(4)108)44-56-29-32-58-20-5-6-21-59(58)42-56/h5-10,15-17,19-25,29-34,37-39,42,47-48,52-53,66-74,91-92,96,107H,11-14,18,26-28,35-36,40-41,43-46,49-51H2,1-4H3,(H2,87,109)(H,97,110)(H,98,108)(H,99,111)(H,100,117)(H,101,118)(H,102,112)(H,103,114)(H,104,115)(H,105,113)(H,106,116)(H4,88,89,95)/t53-,66+,67-,68+,69+,70-,71-,72-,73+,74+/m1/s1. The summed E-state index contributed by atoms with van der Waals surface area (Å²) in [5, 5.41) is 48.3. The molecule has 0 spiro atoms. The van der Waals surface area contributed by atoms with Gasteiger partial charge in [0.2, 0.25) is 65.0 Å². The van der Waals surface area contributed by atoms with Crippen molar-refractivity contribution in [1.29, 1.82) is 0 Å². The number of pyridine rings is 3. The fourth-order valence-electron chi connectivity index (χ4n) is 13.2. The number of guanidine groups is 1. The van der Waals surface area contributed by atoms with E-state index in [1.54, 1.807) is 73.2 Å². The van der Waals surface area contributed by atoms with Gasteiger partial charge >= 0.3 is 0 Å². The van der Waals surface area contributed by atoms with Crippen molar-refractivity contribution in [2.45, 2.75) is 185 Å². The zero-order valence-electron chi connectivity index (χ0n) is 66.8. The largest absolute Gasteiger partial charge is 0.394 e. The number of fused-ring (bicyclic) bond motifs is 2. The number of aliphatic hydroxyl groups is 1. The minimum Gasteiger partial charge on any atom is -0.394 e. The van der Waals surface area contributed by atoms with Gasteiger partial charge in [-0.2, -0.15) is 0 Å². The molecule has 0 saturated carbocycles. The van der Waals surface area contributed by atoms with Gasteiger partial charge < -0.3 is 91.1 Å². The lowest BCUT2D eigenvalue weighted by Gasteiger charge is -2.29. The quantitative estimate of drug-likeness (QED) is 0.0148. The molecule has 4 heterocycles. The number of carbonyl (C=O) groups is 11. The van der Waals surface area contributed by atoms with E-state index in [9.17, 15) is 43.5 Å². The Morgan fingerprint density at radius 3 is 1.46 bits per heavy atom. The van der Waals surface area contributed by atoms with E-state index in [4.69, 9.17) is 28.8 Å². The van der Waals surface area contributed by atoms with Crippen LogP contribution in [0, 0.1) is 5.92 Å². The second kappa shape index (κ2) is 47.7. The molecule has 118 heavy (non-hydrogen) atoms. The number of carbonyl (C=O) groups excluding carboxylic acids is 11. The van der Waals surface area contributed by atoms with Crippen LogP contribution in [0.3, 0.4) is 0 Å². The summed E-state index contributed by atoms with van der Waals surface area (Å²) in [7, 11) is 0. The van der Waals surface area contributed by atoms with Crippen molar-refractivity contribution in [3.8, 4) is 0 Å². The number of para-hydroxylation sites is 1. The van der Waals surface area contributed by atoms with Gasteiger partial charge in [0.15, 0.2) is 5.96 Å². The number of benzene rings is 4. The predicted octanol–water partition coefficient (Wildman–Crippen LogP) is 2.82. The van der Waals surface area contributed by atoms with Crippen LogP contribution in [0.25, 0.3) is 21.7 Å². The highest BCUT2D eigenvalue weighted by Crippen LogP contribution is 2.22. The van der Waals surface area contributed by atoms with Crippen LogP contribution in [0.2, 0.25) is 5.02 Å². The maximum absolute atomic E-state index is 15.3. The third-order valence-corrected chi connectivity index (χ3v) is 19.8. The number of nitrogens with one attached hydrogen (secondary N) is 13. The van der Waals surface area contributed by atoms with Crippen molar-refractivity contribution in [3.05, 3.63) is 209 Å². The minimum atomic E-state index is -1.78. The molecule has 33 heteroatoms. The minimum absolute atomic E-state index is 0.00558. The van der Waals surface area contributed by atoms with Crippen molar-refractivity contribution >= 4 is 104 Å². The number of aliphatic imine (C=N–C) groups is 1. The number of nitrogens with two attached hydrogens (primary N) is 3. The fraction of sp³-hybridized carbons (Fsp3) is 0.400. The lowest BCUT2D eigenvalue weighted by atomic mass is 9.99. The number of rotatable bonds is 49. The summed E-state index contributed by atoms with van der Waals surface area (Å²) >= 11 is 6.28. The van der Waals surface area contributed by atoms with Gasteiger partial charge in [-0.15, -0.1) is 0 Å². The summed E-state index contributed by atoms with van der Waals surface area (Å²) in [4.78, 5) is 179. The molecule has 0 saturated heterocycles. The van der Waals surface area contributed by atoms with Crippen LogP contribution in [-0.2, 0) is 91.5 Å². The molecule has 0 unspecified atom stereocenters. The Kier molecular flexibility index (Phi) is 36.9. The highest BCUT2D eigenvalue weighted by atomic mass is 35.5. The molecule has 628 valence electrons. The van der Waals surface area contributed by atoms with Crippen LogP contribution >= 0.6 is 11.6 Å². The van der Waals surface area contributed by atoms with Crippen LogP contribution < -0.4 is 81.0 Å². The third-order valence-electron chi connectivity index (χ3n) is 19.5. The SMILES string of the molecule is CC(=O)N[C@H](Cc1ccc2ccccc2c1)C(=O)N[C@H](Cc1ccc(Cl)cc1)C(=O)N[C@H](Cc1cccnc1)C(=O)N[C@@H](CO)C(=O)N[C@@H](CCCCNCc1ccccn1)C(=O)N[C@H](CCCCNCc1ccccn1)C(=O)N[C@@H](CC(C)C)C(=O)N[C@@H](Cc1c[nH]c2ccccc12)C(=O)N[C@@H](CCCN=C(N)N)C(=O)N[C@H](C)C(N)=O.